The van der Waals surface area contributed by atoms with Gasteiger partial charge in [0.1, 0.15) is 22.9 Å². The fourth-order valence-electron chi connectivity index (χ4n) is 5.19. The van der Waals surface area contributed by atoms with Crippen LogP contribution in [0, 0.1) is 13.8 Å². The van der Waals surface area contributed by atoms with Gasteiger partial charge in [0, 0.05) is 17.7 Å². The number of aryl methyl sites for hydroxylation is 2. The van der Waals surface area contributed by atoms with Crippen LogP contribution in [-0.4, -0.2) is 54.0 Å². The molecule has 0 saturated heterocycles. The molecular formula is C30H31N3O5. The van der Waals surface area contributed by atoms with Gasteiger partial charge in [0.05, 0.1) is 27.4 Å². The van der Waals surface area contributed by atoms with Crippen LogP contribution in [0.15, 0.2) is 54.6 Å². The van der Waals surface area contributed by atoms with E-state index in [0.717, 1.165) is 33.6 Å². The van der Waals surface area contributed by atoms with Crippen molar-refractivity contribution < 1.29 is 24.1 Å². The Kier molecular flexibility index (Phi) is 6.72. The van der Waals surface area contributed by atoms with Crippen molar-refractivity contribution in [2.75, 3.05) is 27.9 Å². The minimum Gasteiger partial charge on any atom is -0.507 e. The molecule has 1 atom stereocenters. The number of fused-ring (bicyclic) bond motifs is 1. The molecule has 2 N–H and O–H groups in total. The monoisotopic (exact) mass is 513 g/mol. The summed E-state index contributed by atoms with van der Waals surface area (Å²) < 4.78 is 16.2. The van der Waals surface area contributed by atoms with Crippen molar-refractivity contribution in [1.82, 2.24) is 15.1 Å². The number of aromatic nitrogens is 2. The summed E-state index contributed by atoms with van der Waals surface area (Å²) in [5, 5.41) is 18.4. The van der Waals surface area contributed by atoms with Gasteiger partial charge in [0.25, 0.3) is 5.91 Å². The maximum Gasteiger partial charge on any atom is 0.273 e. The molecule has 196 valence electrons. The molecule has 1 unspecified atom stereocenters. The van der Waals surface area contributed by atoms with E-state index in [0.29, 0.717) is 41.4 Å². The molecule has 0 spiro atoms. The molecular weight excluding hydrogens is 482 g/mol. The highest BCUT2D eigenvalue weighted by Crippen LogP contribution is 2.45. The smallest absolute Gasteiger partial charge is 0.273 e. The van der Waals surface area contributed by atoms with Crippen molar-refractivity contribution in [1.29, 1.82) is 0 Å². The average molecular weight is 514 g/mol. The van der Waals surface area contributed by atoms with E-state index in [1.165, 1.54) is 0 Å². The lowest BCUT2D eigenvalue weighted by Gasteiger charge is -2.27. The summed E-state index contributed by atoms with van der Waals surface area (Å²) in [7, 11) is 4.83. The molecule has 1 aliphatic rings. The highest BCUT2D eigenvalue weighted by Gasteiger charge is 2.42. The number of hydrogen-bond donors (Lipinski definition) is 2. The summed E-state index contributed by atoms with van der Waals surface area (Å²) in [6.45, 7) is 4.30. The second-order valence-corrected chi connectivity index (χ2v) is 9.45. The van der Waals surface area contributed by atoms with Crippen LogP contribution in [0.1, 0.15) is 44.3 Å². The van der Waals surface area contributed by atoms with Crippen LogP contribution >= 0.6 is 0 Å². The van der Waals surface area contributed by atoms with Crippen molar-refractivity contribution in [3.63, 3.8) is 0 Å². The van der Waals surface area contributed by atoms with Gasteiger partial charge in [-0.15, -0.1) is 0 Å². The molecule has 3 aromatic carbocycles. The third kappa shape index (κ3) is 4.32. The maximum atomic E-state index is 13.7. The second kappa shape index (κ2) is 10.1. The molecule has 1 aromatic heterocycles. The molecule has 0 saturated carbocycles. The van der Waals surface area contributed by atoms with Gasteiger partial charge >= 0.3 is 0 Å². The SMILES string of the molecule is COc1ccc(C2c3c(-c4cc(C)cc(C)c4O)n[nH]c3C(=O)N2CCc2ccc(OC)c(OC)c2)cc1. The molecule has 0 bridgehead atoms. The van der Waals surface area contributed by atoms with E-state index in [-0.39, 0.29) is 11.7 Å². The number of ether oxygens (including phenoxy) is 3. The van der Waals surface area contributed by atoms with Crippen molar-refractivity contribution in [3.05, 3.63) is 88.1 Å². The van der Waals surface area contributed by atoms with Crippen molar-refractivity contribution in [2.45, 2.75) is 26.3 Å². The fourth-order valence-corrected chi connectivity index (χ4v) is 5.19. The number of H-pyrrole nitrogens is 1. The fraction of sp³-hybridized carbons (Fsp3) is 0.267. The topological polar surface area (TPSA) is 96.9 Å². The van der Waals surface area contributed by atoms with Crippen LogP contribution in [0.4, 0.5) is 0 Å². The van der Waals surface area contributed by atoms with Gasteiger partial charge in [-0.25, -0.2) is 0 Å². The van der Waals surface area contributed by atoms with Gasteiger partial charge in [-0.3, -0.25) is 9.89 Å². The first-order valence-corrected chi connectivity index (χ1v) is 12.4. The summed E-state index contributed by atoms with van der Waals surface area (Å²) in [6, 6.07) is 16.9. The highest BCUT2D eigenvalue weighted by atomic mass is 16.5. The number of aromatic amines is 1. The van der Waals surface area contributed by atoms with Crippen LogP contribution in [0.2, 0.25) is 0 Å². The Hall–Kier alpha value is -4.46. The number of amides is 1. The largest absolute Gasteiger partial charge is 0.507 e. The van der Waals surface area contributed by atoms with Crippen molar-refractivity contribution >= 4 is 5.91 Å². The Morgan fingerprint density at radius 3 is 2.37 bits per heavy atom. The molecule has 5 rings (SSSR count). The van der Waals surface area contributed by atoms with Crippen LogP contribution in [-0.2, 0) is 6.42 Å². The number of carbonyl (C=O) groups is 1. The molecule has 1 aliphatic heterocycles. The first-order valence-electron chi connectivity index (χ1n) is 12.4. The molecule has 0 fully saturated rings. The second-order valence-electron chi connectivity index (χ2n) is 9.45. The zero-order valence-electron chi connectivity index (χ0n) is 22.2. The lowest BCUT2D eigenvalue weighted by Crippen LogP contribution is -2.31. The van der Waals surface area contributed by atoms with Gasteiger partial charge in [-0.05, 0) is 72.9 Å². The molecule has 8 heteroatoms. The lowest BCUT2D eigenvalue weighted by molar-refractivity contribution is 0.0746. The summed E-state index contributed by atoms with van der Waals surface area (Å²) in [4.78, 5) is 15.6. The molecule has 4 aromatic rings. The summed E-state index contributed by atoms with van der Waals surface area (Å²) in [5.41, 5.74) is 6.08. The summed E-state index contributed by atoms with van der Waals surface area (Å²) >= 11 is 0. The lowest BCUT2D eigenvalue weighted by atomic mass is 9.94. The van der Waals surface area contributed by atoms with E-state index in [9.17, 15) is 9.90 Å². The highest BCUT2D eigenvalue weighted by molar-refractivity contribution is 6.00. The number of carbonyl (C=O) groups excluding carboxylic acids is 1. The Balaban J connectivity index is 1.57. The molecule has 38 heavy (non-hydrogen) atoms. The quantitative estimate of drug-likeness (QED) is 0.336. The molecule has 0 aliphatic carbocycles. The minimum absolute atomic E-state index is 0.135. The third-order valence-electron chi connectivity index (χ3n) is 7.08. The van der Waals surface area contributed by atoms with Crippen LogP contribution in [0.5, 0.6) is 23.0 Å². The normalized spacial score (nSPS) is 14.5. The third-order valence-corrected chi connectivity index (χ3v) is 7.08. The Labute approximate surface area is 221 Å². The number of nitrogens with one attached hydrogen (secondary N) is 1. The molecule has 2 heterocycles. The maximum absolute atomic E-state index is 13.7. The van der Waals surface area contributed by atoms with Crippen molar-refractivity contribution in [3.8, 4) is 34.3 Å². The number of benzene rings is 3. The number of methoxy groups -OCH3 is 3. The van der Waals surface area contributed by atoms with Crippen LogP contribution in [0.3, 0.4) is 0 Å². The molecule has 8 nitrogen and oxygen atoms in total. The number of phenolic OH excluding ortho intramolecular Hbond substituents is 1. The van der Waals surface area contributed by atoms with E-state index in [4.69, 9.17) is 14.2 Å². The Morgan fingerprint density at radius 2 is 1.68 bits per heavy atom. The standard InChI is InChI=1S/C30H31N3O5/c1-17-14-18(2)29(34)22(15-17)26-25-27(32-31-26)30(35)33(28(25)20-7-9-21(36-3)10-8-20)13-12-19-6-11-23(37-4)24(16-19)38-5/h6-11,14-16,28,34H,12-13H2,1-5H3,(H,31,32). The number of rotatable bonds is 8. The molecule has 0 radical (unpaired) electrons. The Bertz CT molecular complexity index is 1490. The first-order chi connectivity index (χ1) is 18.4. The number of phenols is 1. The molecule has 1 amide bonds. The predicted octanol–water partition coefficient (Wildman–Crippen LogP) is 5.21. The summed E-state index contributed by atoms with van der Waals surface area (Å²) in [6.07, 6.45) is 0.612. The van der Waals surface area contributed by atoms with E-state index >= 15 is 0 Å². The minimum atomic E-state index is -0.391. The van der Waals surface area contributed by atoms with Gasteiger partial charge < -0.3 is 24.2 Å². The van der Waals surface area contributed by atoms with E-state index < -0.39 is 6.04 Å². The van der Waals surface area contributed by atoms with Gasteiger partial charge in [-0.1, -0.05) is 24.3 Å². The first kappa shape index (κ1) is 25.2. The predicted molar refractivity (Wildman–Crippen MR) is 144 cm³/mol. The van der Waals surface area contributed by atoms with E-state index in [1.54, 1.807) is 21.3 Å². The average Bonchev–Trinajstić information content (AvgIpc) is 3.47. The number of hydrogen-bond acceptors (Lipinski definition) is 6. The van der Waals surface area contributed by atoms with Crippen molar-refractivity contribution in [2.24, 2.45) is 0 Å². The zero-order valence-corrected chi connectivity index (χ0v) is 22.2. The van der Waals surface area contributed by atoms with Gasteiger partial charge in [0.15, 0.2) is 11.5 Å². The van der Waals surface area contributed by atoms with Gasteiger partial charge in [0.2, 0.25) is 0 Å². The Morgan fingerprint density at radius 1 is 0.947 bits per heavy atom. The number of aromatic hydroxyl groups is 1. The van der Waals surface area contributed by atoms with Gasteiger partial charge in [-0.2, -0.15) is 5.10 Å². The summed E-state index contributed by atoms with van der Waals surface area (Å²) in [5.74, 6) is 2.06. The van der Waals surface area contributed by atoms with Crippen LogP contribution in [0.25, 0.3) is 11.3 Å². The number of nitrogens with zero attached hydrogens (tertiary/aromatic N) is 2. The van der Waals surface area contributed by atoms with E-state index in [1.807, 2.05) is 73.3 Å². The van der Waals surface area contributed by atoms with Crippen LogP contribution < -0.4 is 14.2 Å². The van der Waals surface area contributed by atoms with E-state index in [2.05, 4.69) is 10.2 Å². The zero-order chi connectivity index (χ0) is 27.0.